The third-order valence-corrected chi connectivity index (χ3v) is 5.94. The van der Waals surface area contributed by atoms with E-state index in [2.05, 4.69) is 5.32 Å². The van der Waals surface area contributed by atoms with E-state index in [9.17, 15) is 28.3 Å². The first-order chi connectivity index (χ1) is 15.2. The van der Waals surface area contributed by atoms with Crippen LogP contribution in [0.2, 0.25) is 0 Å². The number of ether oxygens (including phenoxy) is 1. The highest BCUT2D eigenvalue weighted by atomic mass is 19.1. The standard InChI is InChI=1S/C22H23F2N3O5/c1-3-13-6-7-27-17(32-13)10-26-9-15(19(28)20(29)18(26)22(27)31)21(30)25-11(2)14-5-4-12(23)8-16(14)24/h4-5,8-9,11,13,17,29H,3,6-7,10H2,1-2H3,(H,25,30)/t11-,13+,17-/m1/s1. The van der Waals surface area contributed by atoms with Crippen LogP contribution < -0.4 is 10.7 Å². The summed E-state index contributed by atoms with van der Waals surface area (Å²) in [4.78, 5) is 39.8. The van der Waals surface area contributed by atoms with Gasteiger partial charge in [0.25, 0.3) is 11.8 Å². The van der Waals surface area contributed by atoms with E-state index in [4.69, 9.17) is 4.74 Å². The van der Waals surface area contributed by atoms with Gasteiger partial charge >= 0.3 is 0 Å². The van der Waals surface area contributed by atoms with Crippen LogP contribution in [0.1, 0.15) is 59.1 Å². The number of nitrogens with zero attached hydrogens (tertiary/aromatic N) is 2. The van der Waals surface area contributed by atoms with E-state index >= 15 is 0 Å². The molecular formula is C22H23F2N3O5. The number of hydrogen-bond acceptors (Lipinski definition) is 5. The van der Waals surface area contributed by atoms with Crippen molar-refractivity contribution in [2.24, 2.45) is 0 Å². The first kappa shape index (κ1) is 21.9. The maximum absolute atomic E-state index is 14.0. The van der Waals surface area contributed by atoms with Gasteiger partial charge in [0.2, 0.25) is 5.43 Å². The maximum atomic E-state index is 14.0. The molecule has 2 amide bonds. The first-order valence-corrected chi connectivity index (χ1v) is 10.4. The van der Waals surface area contributed by atoms with E-state index in [1.165, 1.54) is 28.7 Å². The summed E-state index contributed by atoms with van der Waals surface area (Å²) >= 11 is 0. The average molecular weight is 447 g/mol. The van der Waals surface area contributed by atoms with Crippen molar-refractivity contribution in [1.82, 2.24) is 14.8 Å². The Hall–Kier alpha value is -3.27. The summed E-state index contributed by atoms with van der Waals surface area (Å²) in [6.07, 6.45) is 2.06. The fourth-order valence-electron chi connectivity index (χ4n) is 4.15. The molecule has 8 nitrogen and oxygen atoms in total. The Kier molecular flexibility index (Phi) is 5.72. The average Bonchev–Trinajstić information content (AvgIpc) is 2.75. The Labute approximate surface area is 182 Å². The monoisotopic (exact) mass is 447 g/mol. The number of fused-ring (bicyclic) bond motifs is 2. The predicted octanol–water partition coefficient (Wildman–Crippen LogP) is 2.30. The Morgan fingerprint density at radius 1 is 1.34 bits per heavy atom. The maximum Gasteiger partial charge on any atom is 0.276 e. The van der Waals surface area contributed by atoms with Gasteiger partial charge in [-0.2, -0.15) is 0 Å². The molecule has 2 aromatic rings. The Morgan fingerprint density at radius 2 is 2.09 bits per heavy atom. The van der Waals surface area contributed by atoms with Gasteiger partial charge in [-0.05, 0) is 25.8 Å². The van der Waals surface area contributed by atoms with Gasteiger partial charge in [-0.25, -0.2) is 8.78 Å². The molecule has 1 saturated heterocycles. The second-order valence-electron chi connectivity index (χ2n) is 7.99. The number of amides is 2. The molecule has 0 spiro atoms. The molecule has 0 aliphatic carbocycles. The fourth-order valence-corrected chi connectivity index (χ4v) is 4.15. The summed E-state index contributed by atoms with van der Waals surface area (Å²) in [6, 6.07) is 2.08. The largest absolute Gasteiger partial charge is 0.503 e. The van der Waals surface area contributed by atoms with Crippen LogP contribution >= 0.6 is 0 Å². The number of benzene rings is 1. The van der Waals surface area contributed by atoms with Gasteiger partial charge in [0.05, 0.1) is 18.7 Å². The summed E-state index contributed by atoms with van der Waals surface area (Å²) in [5, 5.41) is 12.9. The lowest BCUT2D eigenvalue weighted by molar-refractivity contribution is -0.134. The zero-order valence-electron chi connectivity index (χ0n) is 17.6. The summed E-state index contributed by atoms with van der Waals surface area (Å²) in [7, 11) is 0. The second kappa shape index (κ2) is 8.34. The number of rotatable bonds is 4. The SMILES string of the molecule is CC[C@H]1CCN2C(=O)c3c(O)c(=O)c(C(=O)N[C@H](C)c4ccc(F)cc4F)cn3C[C@H]2O1. The number of pyridine rings is 1. The lowest BCUT2D eigenvalue weighted by atomic mass is 10.1. The zero-order valence-corrected chi connectivity index (χ0v) is 17.6. The van der Waals surface area contributed by atoms with E-state index in [1.54, 1.807) is 0 Å². The molecule has 2 aliphatic rings. The van der Waals surface area contributed by atoms with Crippen LogP contribution in [0.15, 0.2) is 29.2 Å². The van der Waals surface area contributed by atoms with Gasteiger partial charge in [-0.3, -0.25) is 14.4 Å². The van der Waals surface area contributed by atoms with Crippen LogP contribution in [0.25, 0.3) is 0 Å². The van der Waals surface area contributed by atoms with Crippen molar-refractivity contribution in [2.75, 3.05) is 6.54 Å². The van der Waals surface area contributed by atoms with Gasteiger partial charge in [0, 0.05) is 24.4 Å². The molecule has 0 bridgehead atoms. The molecule has 1 fully saturated rings. The van der Waals surface area contributed by atoms with E-state index in [1.807, 2.05) is 6.92 Å². The number of hydrogen-bond donors (Lipinski definition) is 2. The van der Waals surface area contributed by atoms with Crippen molar-refractivity contribution in [3.63, 3.8) is 0 Å². The van der Waals surface area contributed by atoms with Crippen LogP contribution in [0.3, 0.4) is 0 Å². The van der Waals surface area contributed by atoms with Crippen molar-refractivity contribution < 1.29 is 28.2 Å². The van der Waals surface area contributed by atoms with Crippen LogP contribution in [-0.4, -0.2) is 45.3 Å². The number of nitrogens with one attached hydrogen (secondary N) is 1. The van der Waals surface area contributed by atoms with Crippen LogP contribution in [0.5, 0.6) is 5.75 Å². The van der Waals surface area contributed by atoms with E-state index < -0.39 is 52.5 Å². The lowest BCUT2D eigenvalue weighted by Gasteiger charge is -2.43. The molecule has 0 radical (unpaired) electrons. The van der Waals surface area contributed by atoms with Gasteiger partial charge in [-0.15, -0.1) is 0 Å². The minimum atomic E-state index is -1.00. The van der Waals surface area contributed by atoms with Crippen molar-refractivity contribution in [3.8, 4) is 5.75 Å². The van der Waals surface area contributed by atoms with E-state index in [0.717, 1.165) is 12.5 Å². The molecule has 2 aliphatic heterocycles. The highest BCUT2D eigenvalue weighted by molar-refractivity contribution is 5.99. The molecule has 3 atom stereocenters. The molecule has 1 aromatic carbocycles. The molecule has 3 heterocycles. The highest BCUT2D eigenvalue weighted by Crippen LogP contribution is 2.29. The smallest absolute Gasteiger partial charge is 0.276 e. The molecule has 10 heteroatoms. The van der Waals surface area contributed by atoms with Crippen LogP contribution in [0.4, 0.5) is 8.78 Å². The Balaban J connectivity index is 1.64. The molecule has 0 saturated carbocycles. The Bertz CT molecular complexity index is 1150. The van der Waals surface area contributed by atoms with Crippen molar-refractivity contribution in [1.29, 1.82) is 0 Å². The fraction of sp³-hybridized carbons (Fsp3) is 0.409. The normalized spacial score (nSPS) is 21.0. The number of aromatic nitrogens is 1. The molecule has 4 rings (SSSR count). The molecule has 0 unspecified atom stereocenters. The molecule has 1 aromatic heterocycles. The van der Waals surface area contributed by atoms with E-state index in [0.29, 0.717) is 19.0 Å². The number of aromatic hydroxyl groups is 1. The van der Waals surface area contributed by atoms with E-state index in [-0.39, 0.29) is 23.9 Å². The van der Waals surface area contributed by atoms with Gasteiger partial charge < -0.3 is 24.6 Å². The third kappa shape index (κ3) is 3.75. The number of halogens is 2. The summed E-state index contributed by atoms with van der Waals surface area (Å²) in [6.45, 7) is 4.05. The lowest BCUT2D eigenvalue weighted by Crippen LogP contribution is -2.55. The van der Waals surface area contributed by atoms with Crippen molar-refractivity contribution in [3.05, 3.63) is 63.1 Å². The quantitative estimate of drug-likeness (QED) is 0.749. The van der Waals surface area contributed by atoms with Gasteiger partial charge in [0.15, 0.2) is 17.7 Å². The van der Waals surface area contributed by atoms with Gasteiger partial charge in [0.1, 0.15) is 17.2 Å². The third-order valence-electron chi connectivity index (χ3n) is 5.94. The summed E-state index contributed by atoms with van der Waals surface area (Å²) < 4.78 is 34.5. The molecule has 2 N–H and O–H groups in total. The number of carbonyl (C=O) groups excluding carboxylic acids is 2. The molecule has 32 heavy (non-hydrogen) atoms. The van der Waals surface area contributed by atoms with Crippen molar-refractivity contribution >= 4 is 11.8 Å². The molecular weight excluding hydrogens is 424 g/mol. The van der Waals surface area contributed by atoms with Crippen LogP contribution in [0, 0.1) is 11.6 Å². The highest BCUT2D eigenvalue weighted by Gasteiger charge is 2.40. The predicted molar refractivity (Wildman–Crippen MR) is 109 cm³/mol. The minimum Gasteiger partial charge on any atom is -0.503 e. The zero-order chi connectivity index (χ0) is 23.2. The van der Waals surface area contributed by atoms with Gasteiger partial charge in [-0.1, -0.05) is 13.0 Å². The topological polar surface area (TPSA) is 101 Å². The summed E-state index contributed by atoms with van der Waals surface area (Å²) in [5.41, 5.74) is -1.56. The van der Waals surface area contributed by atoms with Crippen molar-refractivity contribution in [2.45, 2.75) is 51.6 Å². The second-order valence-corrected chi connectivity index (χ2v) is 7.99. The molecule has 170 valence electrons. The number of carbonyl (C=O) groups is 2. The minimum absolute atomic E-state index is 0.00666. The van der Waals surface area contributed by atoms with Crippen LogP contribution in [-0.2, 0) is 11.3 Å². The Morgan fingerprint density at radius 3 is 2.78 bits per heavy atom. The first-order valence-electron chi connectivity index (χ1n) is 10.4. The summed E-state index contributed by atoms with van der Waals surface area (Å²) in [5.74, 6) is -3.81.